The maximum absolute atomic E-state index is 12.4. The van der Waals surface area contributed by atoms with Gasteiger partial charge >= 0.3 is 0 Å². The molecule has 7 heteroatoms. The Hall–Kier alpha value is -1.89. The molecule has 0 aromatic carbocycles. The molecule has 3 aromatic heterocycles. The Morgan fingerprint density at radius 1 is 1.17 bits per heavy atom. The van der Waals surface area contributed by atoms with Gasteiger partial charge in [0.1, 0.15) is 5.65 Å². The Kier molecular flexibility index (Phi) is 4.26. The fraction of sp³-hybridized carbons (Fsp3) is 0.294. The van der Waals surface area contributed by atoms with Gasteiger partial charge in [0.25, 0.3) is 5.91 Å². The molecule has 0 N–H and O–H groups in total. The predicted molar refractivity (Wildman–Crippen MR) is 95.7 cm³/mol. The molecule has 1 aliphatic heterocycles. The van der Waals surface area contributed by atoms with Crippen LogP contribution >= 0.6 is 22.9 Å². The van der Waals surface area contributed by atoms with Crippen molar-refractivity contribution in [3.63, 3.8) is 0 Å². The van der Waals surface area contributed by atoms with E-state index in [2.05, 4.69) is 16.1 Å². The van der Waals surface area contributed by atoms with Gasteiger partial charge in [0.2, 0.25) is 0 Å². The van der Waals surface area contributed by atoms with E-state index in [1.54, 1.807) is 12.1 Å². The highest BCUT2D eigenvalue weighted by Crippen LogP contribution is 2.23. The van der Waals surface area contributed by atoms with Gasteiger partial charge in [-0.3, -0.25) is 9.69 Å². The fourth-order valence-electron chi connectivity index (χ4n) is 2.99. The van der Waals surface area contributed by atoms with E-state index in [0.717, 1.165) is 44.1 Å². The summed E-state index contributed by atoms with van der Waals surface area (Å²) in [6.45, 7) is 4.01. The number of halogens is 1. The van der Waals surface area contributed by atoms with Crippen LogP contribution in [0.1, 0.15) is 15.4 Å². The first-order chi connectivity index (χ1) is 11.7. The zero-order chi connectivity index (χ0) is 16.5. The summed E-state index contributed by atoms with van der Waals surface area (Å²) in [5.74, 6) is 0.0827. The van der Waals surface area contributed by atoms with E-state index in [1.165, 1.54) is 11.3 Å². The van der Waals surface area contributed by atoms with Gasteiger partial charge in [-0.05, 0) is 24.3 Å². The van der Waals surface area contributed by atoms with Crippen molar-refractivity contribution in [3.8, 4) is 0 Å². The molecule has 1 fully saturated rings. The van der Waals surface area contributed by atoms with E-state index in [-0.39, 0.29) is 5.91 Å². The van der Waals surface area contributed by atoms with E-state index in [1.807, 2.05) is 33.7 Å². The molecule has 0 saturated carbocycles. The molecular weight excluding hydrogens is 344 g/mol. The average Bonchev–Trinajstić information content (AvgIpc) is 3.20. The number of imidazole rings is 1. The van der Waals surface area contributed by atoms with Crippen molar-refractivity contribution in [2.75, 3.05) is 26.2 Å². The Labute approximate surface area is 149 Å². The van der Waals surface area contributed by atoms with Crippen LogP contribution in [0.2, 0.25) is 4.34 Å². The number of carbonyl (C=O) groups is 1. The van der Waals surface area contributed by atoms with Crippen LogP contribution in [0.5, 0.6) is 0 Å². The van der Waals surface area contributed by atoms with E-state index < -0.39 is 0 Å². The topological polar surface area (TPSA) is 40.9 Å². The van der Waals surface area contributed by atoms with Crippen LogP contribution in [0.3, 0.4) is 0 Å². The number of pyridine rings is 1. The third kappa shape index (κ3) is 3.17. The Morgan fingerprint density at radius 2 is 2.00 bits per heavy atom. The first-order valence-electron chi connectivity index (χ1n) is 7.88. The number of rotatable bonds is 3. The molecule has 1 aliphatic rings. The minimum Gasteiger partial charge on any atom is -0.335 e. The SMILES string of the molecule is O=C(c1ccc(Cl)s1)N1CCN(Cc2cn3ccccc3n2)CC1. The lowest BCUT2D eigenvalue weighted by Crippen LogP contribution is -2.48. The molecule has 1 amide bonds. The molecule has 0 bridgehead atoms. The van der Waals surface area contributed by atoms with Crippen molar-refractivity contribution < 1.29 is 4.79 Å². The monoisotopic (exact) mass is 360 g/mol. The third-order valence-electron chi connectivity index (χ3n) is 4.24. The lowest BCUT2D eigenvalue weighted by Gasteiger charge is -2.34. The molecule has 4 heterocycles. The van der Waals surface area contributed by atoms with E-state index >= 15 is 0 Å². The predicted octanol–water partition coefficient (Wildman–Crippen LogP) is 3.01. The number of carbonyl (C=O) groups excluding carboxylic acids is 1. The fourth-order valence-corrected chi connectivity index (χ4v) is 4.00. The van der Waals surface area contributed by atoms with Crippen molar-refractivity contribution in [3.05, 3.63) is 57.6 Å². The molecular formula is C17H17ClN4OS. The number of amides is 1. The summed E-state index contributed by atoms with van der Waals surface area (Å²) in [6, 6.07) is 9.58. The lowest BCUT2D eigenvalue weighted by atomic mass is 10.2. The van der Waals surface area contributed by atoms with Gasteiger partial charge in [0.05, 0.1) is 14.9 Å². The van der Waals surface area contributed by atoms with Gasteiger partial charge in [0.15, 0.2) is 0 Å². The molecule has 1 saturated heterocycles. The number of fused-ring (bicyclic) bond motifs is 1. The van der Waals surface area contributed by atoms with Gasteiger partial charge in [-0.25, -0.2) is 4.98 Å². The van der Waals surface area contributed by atoms with Crippen molar-refractivity contribution in [2.24, 2.45) is 0 Å². The van der Waals surface area contributed by atoms with Crippen LogP contribution in [-0.4, -0.2) is 51.3 Å². The molecule has 0 unspecified atom stereocenters. The Balaban J connectivity index is 1.36. The summed E-state index contributed by atoms with van der Waals surface area (Å²) in [5.41, 5.74) is 2.03. The van der Waals surface area contributed by atoms with Gasteiger partial charge in [-0.15, -0.1) is 11.3 Å². The van der Waals surface area contributed by atoms with E-state index in [9.17, 15) is 4.79 Å². The zero-order valence-electron chi connectivity index (χ0n) is 13.1. The number of hydrogen-bond acceptors (Lipinski definition) is 4. The molecule has 5 nitrogen and oxygen atoms in total. The molecule has 0 spiro atoms. The average molecular weight is 361 g/mol. The molecule has 0 radical (unpaired) electrons. The quantitative estimate of drug-likeness (QED) is 0.721. The molecule has 0 aliphatic carbocycles. The number of aromatic nitrogens is 2. The lowest BCUT2D eigenvalue weighted by molar-refractivity contribution is 0.0632. The summed E-state index contributed by atoms with van der Waals surface area (Å²) in [5, 5.41) is 0. The Morgan fingerprint density at radius 3 is 2.71 bits per heavy atom. The van der Waals surface area contributed by atoms with Crippen molar-refractivity contribution >= 4 is 34.5 Å². The smallest absolute Gasteiger partial charge is 0.264 e. The molecule has 4 rings (SSSR count). The van der Waals surface area contributed by atoms with E-state index in [0.29, 0.717) is 9.21 Å². The molecule has 124 valence electrons. The number of nitrogens with zero attached hydrogens (tertiary/aromatic N) is 4. The van der Waals surface area contributed by atoms with Crippen LogP contribution in [0.15, 0.2) is 42.7 Å². The third-order valence-corrected chi connectivity index (χ3v) is 5.46. The number of piperazine rings is 1. The highest BCUT2D eigenvalue weighted by molar-refractivity contribution is 7.17. The second-order valence-electron chi connectivity index (χ2n) is 5.87. The standard InChI is InChI=1S/C17H17ClN4OS/c18-15-5-4-14(24-15)17(23)21-9-7-20(8-10-21)11-13-12-22-6-2-1-3-16(22)19-13/h1-6,12H,7-11H2. The maximum atomic E-state index is 12.4. The highest BCUT2D eigenvalue weighted by atomic mass is 35.5. The van der Waals surface area contributed by atoms with Gasteiger partial charge < -0.3 is 9.30 Å². The van der Waals surface area contributed by atoms with Crippen LogP contribution < -0.4 is 0 Å². The van der Waals surface area contributed by atoms with Crippen LogP contribution in [0, 0.1) is 0 Å². The van der Waals surface area contributed by atoms with Gasteiger partial charge in [-0.1, -0.05) is 17.7 Å². The van der Waals surface area contributed by atoms with Crippen LogP contribution in [0.25, 0.3) is 5.65 Å². The summed E-state index contributed by atoms with van der Waals surface area (Å²) < 4.78 is 2.69. The van der Waals surface area contributed by atoms with Crippen molar-refractivity contribution in [2.45, 2.75) is 6.54 Å². The van der Waals surface area contributed by atoms with Gasteiger partial charge in [-0.2, -0.15) is 0 Å². The summed E-state index contributed by atoms with van der Waals surface area (Å²) in [6.07, 6.45) is 4.08. The molecule has 3 aromatic rings. The summed E-state index contributed by atoms with van der Waals surface area (Å²) >= 11 is 7.26. The summed E-state index contributed by atoms with van der Waals surface area (Å²) in [7, 11) is 0. The van der Waals surface area contributed by atoms with Gasteiger partial charge in [0, 0.05) is 45.1 Å². The normalized spacial score (nSPS) is 16.0. The minimum atomic E-state index is 0.0827. The van der Waals surface area contributed by atoms with E-state index in [4.69, 9.17) is 11.6 Å². The number of hydrogen-bond donors (Lipinski definition) is 0. The van der Waals surface area contributed by atoms with Crippen LogP contribution in [-0.2, 0) is 6.54 Å². The number of thiophene rings is 1. The zero-order valence-corrected chi connectivity index (χ0v) is 14.6. The maximum Gasteiger partial charge on any atom is 0.264 e. The second-order valence-corrected chi connectivity index (χ2v) is 7.59. The van der Waals surface area contributed by atoms with Crippen molar-refractivity contribution in [1.82, 2.24) is 19.2 Å². The highest BCUT2D eigenvalue weighted by Gasteiger charge is 2.23. The largest absolute Gasteiger partial charge is 0.335 e. The Bertz CT molecular complexity index is 833. The second kappa shape index (κ2) is 6.55. The first kappa shape index (κ1) is 15.6. The molecule has 0 atom stereocenters. The minimum absolute atomic E-state index is 0.0827. The first-order valence-corrected chi connectivity index (χ1v) is 9.08. The van der Waals surface area contributed by atoms with Crippen molar-refractivity contribution in [1.29, 1.82) is 0 Å². The summed E-state index contributed by atoms with van der Waals surface area (Å²) in [4.78, 5) is 22.0. The van der Waals surface area contributed by atoms with Crippen LogP contribution in [0.4, 0.5) is 0 Å². The molecule has 24 heavy (non-hydrogen) atoms.